The van der Waals surface area contributed by atoms with Crippen LogP contribution in [0.4, 0.5) is 0 Å². The third kappa shape index (κ3) is 9.37. The van der Waals surface area contributed by atoms with Crippen molar-refractivity contribution in [1.82, 2.24) is 4.98 Å². The largest absolute Gasteiger partial charge is 0.492 e. The molecule has 0 atom stereocenters. The van der Waals surface area contributed by atoms with Crippen molar-refractivity contribution in [3.05, 3.63) is 24.0 Å². The fourth-order valence-electron chi connectivity index (χ4n) is 2.26. The molecule has 0 saturated carbocycles. The van der Waals surface area contributed by atoms with Crippen LogP contribution in [-0.2, 0) is 9.53 Å². The zero-order valence-electron chi connectivity index (χ0n) is 14.0. The second kappa shape index (κ2) is 12.0. The van der Waals surface area contributed by atoms with Gasteiger partial charge in [0.25, 0.3) is 0 Å². The molecule has 0 saturated heterocycles. The Morgan fingerprint density at radius 1 is 1.00 bits per heavy atom. The molecule has 0 spiro atoms. The number of hydrogen-bond acceptors (Lipinski definition) is 4. The molecule has 0 aliphatic heterocycles. The number of hydrogen-bond donors (Lipinski definition) is 0. The van der Waals surface area contributed by atoms with E-state index in [-0.39, 0.29) is 5.97 Å². The zero-order chi connectivity index (χ0) is 16.0. The first-order valence-corrected chi connectivity index (χ1v) is 8.34. The summed E-state index contributed by atoms with van der Waals surface area (Å²) in [7, 11) is 1.45. The second-order valence-electron chi connectivity index (χ2n) is 5.64. The molecule has 4 heteroatoms. The number of ether oxygens (including phenoxy) is 2. The average molecular weight is 307 g/mol. The van der Waals surface area contributed by atoms with Gasteiger partial charge in [-0.25, -0.2) is 0 Å². The third-order valence-corrected chi connectivity index (χ3v) is 3.66. The second-order valence-corrected chi connectivity index (χ2v) is 5.64. The van der Waals surface area contributed by atoms with Crippen molar-refractivity contribution < 1.29 is 14.3 Å². The molecule has 0 bridgehead atoms. The lowest BCUT2D eigenvalue weighted by Gasteiger charge is -2.06. The molecule has 0 unspecified atom stereocenters. The highest BCUT2D eigenvalue weighted by Crippen LogP contribution is 2.12. The molecule has 0 fully saturated rings. The number of methoxy groups -OCH3 is 1. The molecule has 1 aromatic rings. The number of unbranched alkanes of at least 4 members (excludes halogenated alkanes) is 7. The van der Waals surface area contributed by atoms with Crippen LogP contribution in [0.25, 0.3) is 0 Å². The minimum Gasteiger partial charge on any atom is -0.492 e. The SMILES string of the molecule is COC(=O)CCCCCCCCCCOc1ccc(C)nc1. The van der Waals surface area contributed by atoms with Crippen molar-refractivity contribution in [2.45, 2.75) is 64.7 Å². The van der Waals surface area contributed by atoms with Crippen molar-refractivity contribution in [2.75, 3.05) is 13.7 Å². The van der Waals surface area contributed by atoms with Crippen molar-refractivity contribution in [1.29, 1.82) is 0 Å². The smallest absolute Gasteiger partial charge is 0.305 e. The summed E-state index contributed by atoms with van der Waals surface area (Å²) in [6.45, 7) is 2.74. The molecule has 4 nitrogen and oxygen atoms in total. The van der Waals surface area contributed by atoms with Crippen molar-refractivity contribution in [3.63, 3.8) is 0 Å². The summed E-state index contributed by atoms with van der Waals surface area (Å²) in [5.41, 5.74) is 1.01. The van der Waals surface area contributed by atoms with Crippen LogP contribution in [0.3, 0.4) is 0 Å². The Morgan fingerprint density at radius 2 is 1.64 bits per heavy atom. The first kappa shape index (κ1) is 18.5. The number of pyridine rings is 1. The quantitative estimate of drug-likeness (QED) is 0.423. The summed E-state index contributed by atoms with van der Waals surface area (Å²) in [6.07, 6.45) is 11.7. The van der Waals surface area contributed by atoms with Gasteiger partial charge in [-0.3, -0.25) is 9.78 Å². The minimum absolute atomic E-state index is 0.0937. The van der Waals surface area contributed by atoms with E-state index >= 15 is 0 Å². The molecule has 0 aliphatic carbocycles. The summed E-state index contributed by atoms with van der Waals surface area (Å²) >= 11 is 0. The molecule has 1 aromatic heterocycles. The highest BCUT2D eigenvalue weighted by molar-refractivity contribution is 5.68. The summed E-state index contributed by atoms with van der Waals surface area (Å²) in [5.74, 6) is 0.764. The third-order valence-electron chi connectivity index (χ3n) is 3.66. The molecule has 0 aliphatic rings. The van der Waals surface area contributed by atoms with Crippen LogP contribution >= 0.6 is 0 Å². The Hall–Kier alpha value is -1.58. The molecule has 0 amide bonds. The average Bonchev–Trinajstić information content (AvgIpc) is 2.54. The topological polar surface area (TPSA) is 48.4 Å². The van der Waals surface area contributed by atoms with Gasteiger partial charge in [-0.1, -0.05) is 38.5 Å². The molecular formula is C18H29NO3. The lowest BCUT2D eigenvalue weighted by molar-refractivity contribution is -0.140. The number of nitrogens with zero attached hydrogens (tertiary/aromatic N) is 1. The maximum atomic E-state index is 10.9. The number of aryl methyl sites for hydroxylation is 1. The fourth-order valence-corrected chi connectivity index (χ4v) is 2.26. The van der Waals surface area contributed by atoms with Gasteiger partial charge >= 0.3 is 5.97 Å². The van der Waals surface area contributed by atoms with Crippen molar-refractivity contribution >= 4 is 5.97 Å². The minimum atomic E-state index is -0.0937. The van der Waals surface area contributed by atoms with Crippen LogP contribution in [0.5, 0.6) is 5.75 Å². The van der Waals surface area contributed by atoms with Gasteiger partial charge in [-0.15, -0.1) is 0 Å². The van der Waals surface area contributed by atoms with E-state index in [1.54, 1.807) is 6.20 Å². The molecule has 22 heavy (non-hydrogen) atoms. The van der Waals surface area contributed by atoms with Gasteiger partial charge in [0, 0.05) is 12.1 Å². The number of esters is 1. The number of aromatic nitrogens is 1. The van der Waals surface area contributed by atoms with E-state index in [4.69, 9.17) is 4.74 Å². The lowest BCUT2D eigenvalue weighted by atomic mass is 10.1. The predicted molar refractivity (Wildman–Crippen MR) is 88.0 cm³/mol. The van der Waals surface area contributed by atoms with Gasteiger partial charge in [0.2, 0.25) is 0 Å². The fraction of sp³-hybridized carbons (Fsp3) is 0.667. The zero-order valence-corrected chi connectivity index (χ0v) is 14.0. The van der Waals surface area contributed by atoms with Gasteiger partial charge in [-0.05, 0) is 31.9 Å². The van der Waals surface area contributed by atoms with E-state index in [1.165, 1.54) is 39.2 Å². The van der Waals surface area contributed by atoms with Crippen LogP contribution in [0.15, 0.2) is 18.3 Å². The highest BCUT2D eigenvalue weighted by atomic mass is 16.5. The molecule has 1 rings (SSSR count). The first-order valence-electron chi connectivity index (χ1n) is 8.34. The monoisotopic (exact) mass is 307 g/mol. The van der Waals surface area contributed by atoms with E-state index in [0.29, 0.717) is 6.42 Å². The Bertz CT molecular complexity index is 403. The molecule has 0 N–H and O–H groups in total. The Kier molecular flexibility index (Phi) is 10.1. The number of carbonyl (C=O) groups is 1. The number of carbonyl (C=O) groups excluding carboxylic acids is 1. The summed E-state index contributed by atoms with van der Waals surface area (Å²) in [6, 6.07) is 3.94. The van der Waals surface area contributed by atoms with Gasteiger partial charge in [-0.2, -0.15) is 0 Å². The normalized spacial score (nSPS) is 10.5. The maximum Gasteiger partial charge on any atom is 0.305 e. The van der Waals surface area contributed by atoms with E-state index < -0.39 is 0 Å². The Morgan fingerprint density at radius 3 is 2.23 bits per heavy atom. The standard InChI is InChI=1S/C18H29NO3/c1-16-12-13-17(15-19-16)22-14-10-8-6-4-3-5-7-9-11-18(20)21-2/h12-13,15H,3-11,14H2,1-2H3. The summed E-state index contributed by atoms with van der Waals surface area (Å²) in [4.78, 5) is 15.1. The first-order chi connectivity index (χ1) is 10.7. The summed E-state index contributed by atoms with van der Waals surface area (Å²) < 4.78 is 10.3. The van der Waals surface area contributed by atoms with Crippen LogP contribution in [0.2, 0.25) is 0 Å². The summed E-state index contributed by atoms with van der Waals surface area (Å²) in [5, 5.41) is 0. The molecule has 0 radical (unpaired) electrons. The van der Waals surface area contributed by atoms with E-state index in [1.807, 2.05) is 19.1 Å². The lowest BCUT2D eigenvalue weighted by Crippen LogP contribution is -1.99. The Labute approximate surface area is 134 Å². The molecule has 0 aromatic carbocycles. The van der Waals surface area contributed by atoms with Crippen molar-refractivity contribution in [3.8, 4) is 5.75 Å². The van der Waals surface area contributed by atoms with Gasteiger partial charge in [0.15, 0.2) is 0 Å². The molecule has 1 heterocycles. The van der Waals surface area contributed by atoms with E-state index in [2.05, 4.69) is 9.72 Å². The molecule has 124 valence electrons. The van der Waals surface area contributed by atoms with Gasteiger partial charge in [0.1, 0.15) is 5.75 Å². The Balaban J connectivity index is 1.84. The van der Waals surface area contributed by atoms with Crippen LogP contribution in [0, 0.1) is 6.92 Å². The van der Waals surface area contributed by atoms with Crippen molar-refractivity contribution in [2.24, 2.45) is 0 Å². The van der Waals surface area contributed by atoms with Gasteiger partial charge < -0.3 is 9.47 Å². The van der Waals surface area contributed by atoms with Crippen LogP contribution < -0.4 is 4.74 Å². The number of rotatable bonds is 12. The van der Waals surface area contributed by atoms with Gasteiger partial charge in [0.05, 0.1) is 19.9 Å². The highest BCUT2D eigenvalue weighted by Gasteiger charge is 1.99. The van der Waals surface area contributed by atoms with E-state index in [0.717, 1.165) is 37.3 Å². The predicted octanol–water partition coefficient (Wildman–Crippen LogP) is 4.45. The van der Waals surface area contributed by atoms with Crippen LogP contribution in [0.1, 0.15) is 63.5 Å². The maximum absolute atomic E-state index is 10.9. The molecular weight excluding hydrogens is 278 g/mol. The van der Waals surface area contributed by atoms with E-state index in [9.17, 15) is 4.79 Å². The van der Waals surface area contributed by atoms with Crippen LogP contribution in [-0.4, -0.2) is 24.7 Å².